The average Bonchev–Trinajstić information content (AvgIpc) is 3.13. The Balaban J connectivity index is 1.43. The Morgan fingerprint density at radius 2 is 1.68 bits per heavy atom. The molecule has 0 aliphatic heterocycles. The van der Waals surface area contributed by atoms with Crippen LogP contribution >= 0.6 is 0 Å². The highest BCUT2D eigenvalue weighted by Crippen LogP contribution is 2.22. The summed E-state index contributed by atoms with van der Waals surface area (Å²) in [7, 11) is 0. The number of hydrogen-bond acceptors (Lipinski definition) is 3. The molecule has 2 aromatic carbocycles. The highest BCUT2D eigenvalue weighted by atomic mass is 16.2. The van der Waals surface area contributed by atoms with Gasteiger partial charge in [0.25, 0.3) is 0 Å². The SMILES string of the molecule is CCn1c(CCCc2cccc(-c3ccccn3)c2)nn(Cc2ccc(C(C)(C)C)cc2)c1=O. The molecule has 0 bridgehead atoms. The van der Waals surface area contributed by atoms with Crippen molar-refractivity contribution >= 4 is 0 Å². The molecular weight excluding hydrogens is 420 g/mol. The lowest BCUT2D eigenvalue weighted by Gasteiger charge is -2.19. The van der Waals surface area contributed by atoms with Crippen molar-refractivity contribution in [2.24, 2.45) is 0 Å². The first-order valence-electron chi connectivity index (χ1n) is 12.1. The van der Waals surface area contributed by atoms with Crippen LogP contribution in [0.1, 0.15) is 56.6 Å². The highest BCUT2D eigenvalue weighted by molar-refractivity contribution is 5.59. The maximum absolute atomic E-state index is 12.9. The third-order valence-electron chi connectivity index (χ3n) is 6.22. The summed E-state index contributed by atoms with van der Waals surface area (Å²) >= 11 is 0. The molecule has 0 aliphatic carbocycles. The lowest BCUT2D eigenvalue weighted by Crippen LogP contribution is -2.25. The topological polar surface area (TPSA) is 52.7 Å². The van der Waals surface area contributed by atoms with Gasteiger partial charge in [-0.2, -0.15) is 5.10 Å². The van der Waals surface area contributed by atoms with E-state index in [4.69, 9.17) is 5.10 Å². The largest absolute Gasteiger partial charge is 0.346 e. The van der Waals surface area contributed by atoms with Crippen molar-refractivity contribution in [3.63, 3.8) is 0 Å². The number of hydrogen-bond donors (Lipinski definition) is 0. The van der Waals surface area contributed by atoms with Crippen LogP contribution in [-0.2, 0) is 31.3 Å². The van der Waals surface area contributed by atoms with Crippen LogP contribution in [0.4, 0.5) is 0 Å². The minimum atomic E-state index is -0.0328. The molecule has 2 heterocycles. The smallest absolute Gasteiger partial charge is 0.279 e. The second-order valence-electron chi connectivity index (χ2n) is 9.82. The number of nitrogens with zero attached hydrogens (tertiary/aromatic N) is 4. The molecule has 176 valence electrons. The van der Waals surface area contributed by atoms with Crippen molar-refractivity contribution in [1.82, 2.24) is 19.3 Å². The molecule has 5 heteroatoms. The molecule has 0 saturated heterocycles. The molecule has 2 aromatic heterocycles. The predicted octanol–water partition coefficient (Wildman–Crippen LogP) is 5.65. The zero-order chi connectivity index (χ0) is 24.1. The second-order valence-corrected chi connectivity index (χ2v) is 9.82. The quantitative estimate of drug-likeness (QED) is 0.346. The Morgan fingerprint density at radius 3 is 2.35 bits per heavy atom. The second kappa shape index (κ2) is 10.2. The fraction of sp³-hybridized carbons (Fsp3) is 0.345. The van der Waals surface area contributed by atoms with Gasteiger partial charge in [-0.1, -0.05) is 69.3 Å². The zero-order valence-corrected chi connectivity index (χ0v) is 20.7. The Hall–Kier alpha value is -3.47. The maximum Gasteiger partial charge on any atom is 0.346 e. The summed E-state index contributed by atoms with van der Waals surface area (Å²) in [6.45, 7) is 9.75. The maximum atomic E-state index is 12.9. The van der Waals surface area contributed by atoms with Crippen LogP contribution in [0.3, 0.4) is 0 Å². The lowest BCUT2D eigenvalue weighted by atomic mass is 9.87. The summed E-state index contributed by atoms with van der Waals surface area (Å²) in [4.78, 5) is 17.4. The normalized spacial score (nSPS) is 11.6. The van der Waals surface area contributed by atoms with Gasteiger partial charge in [0.15, 0.2) is 0 Å². The third-order valence-corrected chi connectivity index (χ3v) is 6.22. The van der Waals surface area contributed by atoms with E-state index in [2.05, 4.69) is 74.3 Å². The molecule has 34 heavy (non-hydrogen) atoms. The highest BCUT2D eigenvalue weighted by Gasteiger charge is 2.15. The van der Waals surface area contributed by atoms with E-state index in [1.807, 2.05) is 31.3 Å². The van der Waals surface area contributed by atoms with Gasteiger partial charge in [-0.25, -0.2) is 9.48 Å². The molecule has 0 amide bonds. The molecule has 0 atom stereocenters. The average molecular weight is 455 g/mol. The predicted molar refractivity (Wildman–Crippen MR) is 138 cm³/mol. The Kier molecular flexibility index (Phi) is 7.11. The van der Waals surface area contributed by atoms with Gasteiger partial charge in [0.2, 0.25) is 0 Å². The summed E-state index contributed by atoms with van der Waals surface area (Å²) in [5.74, 6) is 0.861. The minimum Gasteiger partial charge on any atom is -0.279 e. The number of rotatable bonds is 8. The van der Waals surface area contributed by atoms with Crippen molar-refractivity contribution in [3.8, 4) is 11.3 Å². The van der Waals surface area contributed by atoms with Crippen LogP contribution in [0.25, 0.3) is 11.3 Å². The summed E-state index contributed by atoms with van der Waals surface area (Å²) in [6, 6.07) is 23.0. The minimum absolute atomic E-state index is 0.0328. The first kappa shape index (κ1) is 23.7. The Morgan fingerprint density at radius 1 is 0.882 bits per heavy atom. The number of pyridine rings is 1. The van der Waals surface area contributed by atoms with Gasteiger partial charge in [-0.05, 0) is 60.1 Å². The van der Waals surface area contributed by atoms with Gasteiger partial charge in [0.1, 0.15) is 5.82 Å². The van der Waals surface area contributed by atoms with Crippen molar-refractivity contribution in [1.29, 1.82) is 0 Å². The van der Waals surface area contributed by atoms with E-state index in [1.54, 1.807) is 9.25 Å². The zero-order valence-electron chi connectivity index (χ0n) is 20.7. The molecule has 0 spiro atoms. The van der Waals surface area contributed by atoms with E-state index in [-0.39, 0.29) is 11.1 Å². The molecule has 4 rings (SSSR count). The van der Waals surface area contributed by atoms with Crippen LogP contribution in [0, 0.1) is 0 Å². The molecule has 0 radical (unpaired) electrons. The van der Waals surface area contributed by atoms with Gasteiger partial charge in [0, 0.05) is 24.7 Å². The first-order chi connectivity index (χ1) is 16.3. The molecule has 0 aliphatic rings. The van der Waals surface area contributed by atoms with E-state index < -0.39 is 0 Å². The van der Waals surface area contributed by atoms with Crippen LogP contribution in [0.5, 0.6) is 0 Å². The summed E-state index contributed by atoms with van der Waals surface area (Å²) in [5.41, 5.74) is 5.85. The number of benzene rings is 2. The van der Waals surface area contributed by atoms with E-state index in [9.17, 15) is 4.79 Å². The molecule has 4 aromatic rings. The van der Waals surface area contributed by atoms with E-state index in [1.165, 1.54) is 11.1 Å². The Bertz CT molecular complexity index is 1280. The summed E-state index contributed by atoms with van der Waals surface area (Å²) < 4.78 is 3.40. The van der Waals surface area contributed by atoms with Crippen LogP contribution in [0.15, 0.2) is 77.7 Å². The van der Waals surface area contributed by atoms with Crippen LogP contribution in [-0.4, -0.2) is 19.3 Å². The van der Waals surface area contributed by atoms with Crippen molar-refractivity contribution in [2.75, 3.05) is 0 Å². The molecule has 0 saturated carbocycles. The Labute approximate surface area is 202 Å². The lowest BCUT2D eigenvalue weighted by molar-refractivity contribution is 0.588. The van der Waals surface area contributed by atoms with Gasteiger partial charge < -0.3 is 0 Å². The van der Waals surface area contributed by atoms with Crippen molar-refractivity contribution < 1.29 is 0 Å². The van der Waals surface area contributed by atoms with Crippen LogP contribution < -0.4 is 5.69 Å². The van der Waals surface area contributed by atoms with Gasteiger partial charge >= 0.3 is 5.69 Å². The van der Waals surface area contributed by atoms with Gasteiger partial charge in [0.05, 0.1) is 12.2 Å². The number of aromatic nitrogens is 4. The number of aryl methyl sites for hydroxylation is 2. The molecule has 0 unspecified atom stereocenters. The van der Waals surface area contributed by atoms with Gasteiger partial charge in [-0.15, -0.1) is 0 Å². The third kappa shape index (κ3) is 5.53. The van der Waals surface area contributed by atoms with Crippen molar-refractivity contribution in [3.05, 3.63) is 106 Å². The van der Waals surface area contributed by atoms with Gasteiger partial charge in [-0.3, -0.25) is 9.55 Å². The molecule has 0 N–H and O–H groups in total. The fourth-order valence-electron chi connectivity index (χ4n) is 4.24. The van der Waals surface area contributed by atoms with E-state index in [0.717, 1.165) is 41.9 Å². The van der Waals surface area contributed by atoms with Crippen molar-refractivity contribution in [2.45, 2.75) is 65.5 Å². The monoisotopic (exact) mass is 454 g/mol. The molecule has 5 nitrogen and oxygen atoms in total. The van der Waals surface area contributed by atoms with Crippen LogP contribution in [0.2, 0.25) is 0 Å². The summed E-state index contributed by atoms with van der Waals surface area (Å²) in [5, 5.41) is 4.70. The molecule has 0 fully saturated rings. The summed E-state index contributed by atoms with van der Waals surface area (Å²) in [6.07, 6.45) is 4.45. The fourth-order valence-corrected chi connectivity index (χ4v) is 4.24. The standard InChI is InChI=1S/C29H34N4O/c1-5-32-27(14-9-11-22-10-8-12-24(20-22)26-13-6-7-19-30-26)31-33(28(32)34)21-23-15-17-25(18-16-23)29(2,3)4/h6-8,10,12-13,15-20H,5,9,11,14,21H2,1-4H3. The van der Waals surface area contributed by atoms with E-state index in [0.29, 0.717) is 13.1 Å². The first-order valence-corrected chi connectivity index (χ1v) is 12.1. The van der Waals surface area contributed by atoms with E-state index >= 15 is 0 Å². The molecular formula is C29H34N4O.